The Bertz CT molecular complexity index is 546. The summed E-state index contributed by atoms with van der Waals surface area (Å²) in [5.41, 5.74) is 1.77. The number of fused-ring (bicyclic) bond motifs is 5. The molecule has 0 aromatic rings. The fourth-order valence-electron chi connectivity index (χ4n) is 6.92. The Balaban J connectivity index is 1.63. The Morgan fingerprint density at radius 3 is 2.73 bits per heavy atom. The minimum Gasteiger partial charge on any atom is -0.393 e. The normalized spacial score (nSPS) is 53.7. The minimum absolute atomic E-state index is 0.0539. The molecule has 2 heteroatoms. The van der Waals surface area contributed by atoms with E-state index >= 15 is 0 Å². The summed E-state index contributed by atoms with van der Waals surface area (Å²) in [7, 11) is 0. The van der Waals surface area contributed by atoms with E-state index in [0.717, 1.165) is 42.6 Å². The molecule has 0 bridgehead atoms. The van der Waals surface area contributed by atoms with Crippen LogP contribution in [-0.2, 0) is 0 Å². The van der Waals surface area contributed by atoms with Crippen LogP contribution in [0, 0.1) is 45.8 Å². The van der Waals surface area contributed by atoms with Crippen LogP contribution < -0.4 is 0 Å². The van der Waals surface area contributed by atoms with E-state index in [-0.39, 0.29) is 11.5 Å². The summed E-state index contributed by atoms with van der Waals surface area (Å²) in [6.45, 7) is 4.92. The molecule has 0 aliphatic heterocycles. The molecule has 3 unspecified atom stereocenters. The van der Waals surface area contributed by atoms with Crippen LogP contribution >= 0.6 is 0 Å². The maximum atomic E-state index is 10.1. The number of aliphatic hydroxyl groups is 1. The van der Waals surface area contributed by atoms with Crippen molar-refractivity contribution in [1.82, 2.24) is 0 Å². The predicted octanol–water partition coefficient (Wildman–Crippen LogP) is 4.45. The van der Waals surface area contributed by atoms with E-state index in [1.54, 1.807) is 0 Å². The Kier molecular flexibility index (Phi) is 3.25. The van der Waals surface area contributed by atoms with Crippen molar-refractivity contribution in [2.75, 3.05) is 0 Å². The summed E-state index contributed by atoms with van der Waals surface area (Å²) in [4.78, 5) is 0. The monoisotopic (exact) mass is 299 g/mol. The first-order valence-electron chi connectivity index (χ1n) is 9.26. The minimum atomic E-state index is -0.0539. The zero-order valence-corrected chi connectivity index (χ0v) is 14.0. The highest BCUT2D eigenvalue weighted by Crippen LogP contribution is 2.65. The average Bonchev–Trinajstić information content (AvgIpc) is 2.85. The smallest absolute Gasteiger partial charge is 0.0944 e. The first-order chi connectivity index (χ1) is 10.5. The molecule has 2 nitrogen and oxygen atoms in total. The maximum Gasteiger partial charge on any atom is 0.0944 e. The zero-order valence-electron chi connectivity index (χ0n) is 14.0. The van der Waals surface area contributed by atoms with E-state index < -0.39 is 0 Å². The van der Waals surface area contributed by atoms with Gasteiger partial charge in [-0.15, -0.1) is 0 Å². The molecule has 120 valence electrons. The Hall–Kier alpha value is -0.810. The fourth-order valence-corrected chi connectivity index (χ4v) is 6.92. The van der Waals surface area contributed by atoms with Crippen LogP contribution in [0.25, 0.3) is 0 Å². The summed E-state index contributed by atoms with van der Waals surface area (Å²) >= 11 is 0. The predicted molar refractivity (Wildman–Crippen MR) is 86.8 cm³/mol. The van der Waals surface area contributed by atoms with Crippen molar-refractivity contribution in [3.05, 3.63) is 11.6 Å². The van der Waals surface area contributed by atoms with Crippen LogP contribution in [0.15, 0.2) is 11.6 Å². The first-order valence-corrected chi connectivity index (χ1v) is 9.26. The van der Waals surface area contributed by atoms with Crippen molar-refractivity contribution >= 4 is 0 Å². The van der Waals surface area contributed by atoms with Gasteiger partial charge in [-0.25, -0.2) is 0 Å². The number of rotatable bonds is 0. The quantitative estimate of drug-likeness (QED) is 0.718. The number of hydrogen-bond donors (Lipinski definition) is 1. The van der Waals surface area contributed by atoms with Gasteiger partial charge in [0.05, 0.1) is 12.2 Å². The lowest BCUT2D eigenvalue weighted by atomic mass is 9.45. The van der Waals surface area contributed by atoms with Crippen LogP contribution in [0.2, 0.25) is 0 Å². The summed E-state index contributed by atoms with van der Waals surface area (Å²) in [6.07, 6.45) is 11.7. The molecule has 0 spiro atoms. The van der Waals surface area contributed by atoms with E-state index in [2.05, 4.69) is 26.0 Å². The van der Waals surface area contributed by atoms with Gasteiger partial charge in [0, 0.05) is 5.57 Å². The summed E-state index contributed by atoms with van der Waals surface area (Å²) in [6, 6.07) is 2.44. The molecular formula is C20H29NO. The summed E-state index contributed by atoms with van der Waals surface area (Å²) in [5.74, 6) is 3.05. The van der Waals surface area contributed by atoms with Crippen LogP contribution in [0.4, 0.5) is 0 Å². The number of nitrogens with zero attached hydrogens (tertiary/aromatic N) is 1. The largest absolute Gasteiger partial charge is 0.393 e. The van der Waals surface area contributed by atoms with Gasteiger partial charge in [-0.05, 0) is 85.9 Å². The molecular weight excluding hydrogens is 270 g/mol. The van der Waals surface area contributed by atoms with Crippen molar-refractivity contribution in [2.24, 2.45) is 34.5 Å². The topological polar surface area (TPSA) is 44.0 Å². The van der Waals surface area contributed by atoms with E-state index in [1.807, 2.05) is 0 Å². The third-order valence-corrected chi connectivity index (χ3v) is 8.16. The molecule has 0 aromatic heterocycles. The van der Waals surface area contributed by atoms with Gasteiger partial charge in [-0.1, -0.05) is 19.9 Å². The van der Waals surface area contributed by atoms with Crippen molar-refractivity contribution in [3.8, 4) is 6.07 Å². The standard InChI is InChI=1S/C20H29NO/c1-19-7-6-17-16(18(19)9-13(11-19)12-21)4-3-14-10-15(22)5-8-20(14,17)2/h11,14-18,22H,3-10H2,1-2H3/t14-,15?,16-,17?,18?,19-,20+/m0/s1. The average molecular weight is 299 g/mol. The molecule has 0 amide bonds. The third-order valence-electron chi connectivity index (χ3n) is 8.16. The van der Waals surface area contributed by atoms with E-state index in [0.29, 0.717) is 11.3 Å². The van der Waals surface area contributed by atoms with Gasteiger partial charge >= 0.3 is 0 Å². The van der Waals surface area contributed by atoms with E-state index in [1.165, 1.54) is 32.1 Å². The van der Waals surface area contributed by atoms with Crippen LogP contribution in [0.1, 0.15) is 65.2 Å². The van der Waals surface area contributed by atoms with Gasteiger partial charge in [0.2, 0.25) is 0 Å². The van der Waals surface area contributed by atoms with Crippen molar-refractivity contribution < 1.29 is 5.11 Å². The number of hydrogen-bond acceptors (Lipinski definition) is 2. The van der Waals surface area contributed by atoms with Crippen LogP contribution in [0.3, 0.4) is 0 Å². The van der Waals surface area contributed by atoms with Gasteiger partial charge in [0.1, 0.15) is 0 Å². The lowest BCUT2D eigenvalue weighted by Crippen LogP contribution is -2.53. The van der Waals surface area contributed by atoms with Crippen molar-refractivity contribution in [1.29, 1.82) is 5.26 Å². The Morgan fingerprint density at radius 2 is 1.95 bits per heavy atom. The number of nitriles is 1. The summed E-state index contributed by atoms with van der Waals surface area (Å²) in [5, 5.41) is 19.4. The molecule has 0 saturated heterocycles. The molecule has 4 aliphatic rings. The third kappa shape index (κ3) is 1.94. The second-order valence-corrected chi connectivity index (χ2v) is 9.12. The lowest BCUT2D eigenvalue weighted by Gasteiger charge is -2.60. The lowest BCUT2D eigenvalue weighted by molar-refractivity contribution is -0.116. The highest BCUT2D eigenvalue weighted by Gasteiger charge is 2.57. The number of allylic oxidation sites excluding steroid dienone is 2. The molecule has 22 heavy (non-hydrogen) atoms. The molecule has 0 aromatic carbocycles. The molecule has 7 atom stereocenters. The second kappa shape index (κ2) is 4.84. The molecule has 0 heterocycles. The summed E-state index contributed by atoms with van der Waals surface area (Å²) < 4.78 is 0. The SMILES string of the molecule is C[C@@]12CCC(O)C[C@@H]1CC[C@H]1C2CC[C@@]2(C)C=C(C#N)CC12. The Labute approximate surface area is 134 Å². The molecule has 0 radical (unpaired) electrons. The number of aliphatic hydroxyl groups excluding tert-OH is 1. The fraction of sp³-hybridized carbons (Fsp3) is 0.850. The van der Waals surface area contributed by atoms with Gasteiger partial charge in [0.15, 0.2) is 0 Å². The zero-order chi connectivity index (χ0) is 15.5. The second-order valence-electron chi connectivity index (χ2n) is 9.12. The highest BCUT2D eigenvalue weighted by molar-refractivity contribution is 5.32. The maximum absolute atomic E-state index is 10.1. The first kappa shape index (κ1) is 14.8. The molecule has 1 N–H and O–H groups in total. The molecule has 3 saturated carbocycles. The van der Waals surface area contributed by atoms with E-state index in [4.69, 9.17) is 0 Å². The molecule has 3 fully saturated rings. The molecule has 4 rings (SSSR count). The van der Waals surface area contributed by atoms with Gasteiger partial charge < -0.3 is 5.11 Å². The van der Waals surface area contributed by atoms with Crippen molar-refractivity contribution in [2.45, 2.75) is 71.3 Å². The van der Waals surface area contributed by atoms with Crippen LogP contribution in [0.5, 0.6) is 0 Å². The Morgan fingerprint density at radius 1 is 1.14 bits per heavy atom. The highest BCUT2D eigenvalue weighted by atomic mass is 16.3. The van der Waals surface area contributed by atoms with Crippen molar-refractivity contribution in [3.63, 3.8) is 0 Å². The van der Waals surface area contributed by atoms with Crippen LogP contribution in [-0.4, -0.2) is 11.2 Å². The molecule has 4 aliphatic carbocycles. The van der Waals surface area contributed by atoms with Gasteiger partial charge in [0.25, 0.3) is 0 Å². The van der Waals surface area contributed by atoms with E-state index in [9.17, 15) is 10.4 Å². The van der Waals surface area contributed by atoms with Gasteiger partial charge in [-0.2, -0.15) is 5.26 Å². The van der Waals surface area contributed by atoms with Gasteiger partial charge in [-0.3, -0.25) is 0 Å².